The SMILES string of the molecule is CC(C)(C)OC(=O)Cc1ccc2c(c1)cc(B(O)O)n2C(=O)OC(C)(C)C. The Bertz CT molecular complexity index is 857. The minimum Gasteiger partial charge on any atom is -0.460 e. The van der Waals surface area contributed by atoms with Crippen LogP contribution in [-0.4, -0.2) is 45.0 Å². The summed E-state index contributed by atoms with van der Waals surface area (Å²) in [4.78, 5) is 24.6. The summed E-state index contributed by atoms with van der Waals surface area (Å²) in [7, 11) is -1.85. The second-order valence-electron chi connectivity index (χ2n) is 8.42. The molecule has 2 aromatic rings. The number of esters is 1. The molecular weight excluding hydrogens is 349 g/mol. The molecule has 146 valence electrons. The molecule has 2 N–H and O–H groups in total. The maximum Gasteiger partial charge on any atom is 0.506 e. The van der Waals surface area contributed by atoms with Gasteiger partial charge >= 0.3 is 19.2 Å². The number of rotatable bonds is 3. The molecule has 0 bridgehead atoms. The highest BCUT2D eigenvalue weighted by Gasteiger charge is 2.27. The Morgan fingerprint density at radius 2 is 1.59 bits per heavy atom. The van der Waals surface area contributed by atoms with E-state index in [0.29, 0.717) is 16.5 Å². The maximum absolute atomic E-state index is 12.5. The van der Waals surface area contributed by atoms with E-state index >= 15 is 0 Å². The zero-order valence-electron chi connectivity index (χ0n) is 16.6. The van der Waals surface area contributed by atoms with Crippen LogP contribution < -0.4 is 5.59 Å². The van der Waals surface area contributed by atoms with Crippen molar-refractivity contribution >= 4 is 35.7 Å². The number of hydrogen-bond acceptors (Lipinski definition) is 6. The van der Waals surface area contributed by atoms with Gasteiger partial charge in [-0.3, -0.25) is 9.36 Å². The fourth-order valence-electron chi connectivity index (χ4n) is 2.64. The Morgan fingerprint density at radius 3 is 2.11 bits per heavy atom. The molecule has 27 heavy (non-hydrogen) atoms. The Kier molecular flexibility index (Phi) is 5.72. The molecule has 0 saturated heterocycles. The highest BCUT2D eigenvalue weighted by Crippen LogP contribution is 2.20. The van der Waals surface area contributed by atoms with Gasteiger partial charge in [0.2, 0.25) is 0 Å². The third-order valence-electron chi connectivity index (χ3n) is 3.50. The van der Waals surface area contributed by atoms with E-state index in [1.54, 1.807) is 59.7 Å². The van der Waals surface area contributed by atoms with Crippen LogP contribution >= 0.6 is 0 Å². The zero-order chi connectivity index (χ0) is 20.6. The van der Waals surface area contributed by atoms with Gasteiger partial charge in [-0.25, -0.2) is 4.79 Å². The van der Waals surface area contributed by atoms with Crippen molar-refractivity contribution in [3.8, 4) is 0 Å². The Labute approximate surface area is 159 Å². The van der Waals surface area contributed by atoms with E-state index in [-0.39, 0.29) is 18.0 Å². The van der Waals surface area contributed by atoms with Crippen molar-refractivity contribution in [2.45, 2.75) is 59.2 Å². The number of ether oxygens (including phenoxy) is 2. The fraction of sp³-hybridized carbons (Fsp3) is 0.474. The molecular formula is C19H26BNO6. The standard InChI is InChI=1S/C19H26BNO6/c1-18(2,3)26-16(22)10-12-7-8-14-13(9-12)11-15(20(24)25)21(14)17(23)27-19(4,5)6/h7-9,11,24-25H,10H2,1-6H3. The Balaban J connectivity index is 2.40. The van der Waals surface area contributed by atoms with Gasteiger partial charge in [-0.15, -0.1) is 0 Å². The van der Waals surface area contributed by atoms with Gasteiger partial charge in [-0.2, -0.15) is 0 Å². The van der Waals surface area contributed by atoms with Gasteiger partial charge in [0.1, 0.15) is 11.2 Å². The first-order valence-electron chi connectivity index (χ1n) is 8.72. The minimum absolute atomic E-state index is 0.00586. The predicted molar refractivity (Wildman–Crippen MR) is 103 cm³/mol. The van der Waals surface area contributed by atoms with Crippen LogP contribution in [0.15, 0.2) is 24.3 Å². The summed E-state index contributed by atoms with van der Waals surface area (Å²) in [5.74, 6) is -0.365. The van der Waals surface area contributed by atoms with Crippen LogP contribution in [0.25, 0.3) is 10.9 Å². The number of nitrogens with zero attached hydrogens (tertiary/aromatic N) is 1. The lowest BCUT2D eigenvalue weighted by Gasteiger charge is -2.21. The molecule has 0 fully saturated rings. The summed E-state index contributed by atoms with van der Waals surface area (Å²) >= 11 is 0. The van der Waals surface area contributed by atoms with Crippen LogP contribution in [0.3, 0.4) is 0 Å². The molecule has 0 aliphatic carbocycles. The van der Waals surface area contributed by atoms with Crippen LogP contribution in [-0.2, 0) is 20.7 Å². The molecule has 0 spiro atoms. The molecule has 1 aromatic carbocycles. The third-order valence-corrected chi connectivity index (χ3v) is 3.50. The topological polar surface area (TPSA) is 98.0 Å². The molecule has 1 aromatic heterocycles. The van der Waals surface area contributed by atoms with Crippen molar-refractivity contribution in [2.75, 3.05) is 0 Å². The highest BCUT2D eigenvalue weighted by atomic mass is 16.6. The van der Waals surface area contributed by atoms with E-state index in [0.717, 1.165) is 4.57 Å². The molecule has 2 rings (SSSR count). The zero-order valence-corrected chi connectivity index (χ0v) is 16.6. The smallest absolute Gasteiger partial charge is 0.460 e. The number of fused-ring (bicyclic) bond motifs is 1. The fourth-order valence-corrected chi connectivity index (χ4v) is 2.64. The average Bonchev–Trinajstić information content (AvgIpc) is 2.82. The Hall–Kier alpha value is -2.32. The van der Waals surface area contributed by atoms with Crippen molar-refractivity contribution in [1.82, 2.24) is 4.57 Å². The van der Waals surface area contributed by atoms with Gasteiger partial charge in [0, 0.05) is 5.39 Å². The second kappa shape index (κ2) is 7.36. The molecule has 0 unspecified atom stereocenters. The van der Waals surface area contributed by atoms with Crippen molar-refractivity contribution in [3.63, 3.8) is 0 Å². The van der Waals surface area contributed by atoms with Gasteiger partial charge in [0.25, 0.3) is 0 Å². The molecule has 0 radical (unpaired) electrons. The van der Waals surface area contributed by atoms with E-state index in [9.17, 15) is 19.6 Å². The van der Waals surface area contributed by atoms with E-state index in [1.165, 1.54) is 6.07 Å². The molecule has 0 amide bonds. The number of benzene rings is 1. The maximum atomic E-state index is 12.5. The van der Waals surface area contributed by atoms with Gasteiger partial charge < -0.3 is 19.5 Å². The van der Waals surface area contributed by atoms with E-state index < -0.39 is 24.4 Å². The normalized spacial score (nSPS) is 12.1. The first kappa shape index (κ1) is 21.0. The molecule has 0 aliphatic rings. The molecule has 0 atom stereocenters. The van der Waals surface area contributed by atoms with Gasteiger partial charge in [0.05, 0.1) is 17.5 Å². The van der Waals surface area contributed by atoms with Crippen LogP contribution in [0.5, 0.6) is 0 Å². The number of carbonyl (C=O) groups excluding carboxylic acids is 2. The summed E-state index contributed by atoms with van der Waals surface area (Å²) in [6.07, 6.45) is -0.637. The van der Waals surface area contributed by atoms with Crippen molar-refractivity contribution < 1.29 is 29.1 Å². The van der Waals surface area contributed by atoms with Gasteiger partial charge in [-0.1, -0.05) is 6.07 Å². The second-order valence-corrected chi connectivity index (χ2v) is 8.42. The Morgan fingerprint density at radius 1 is 1.00 bits per heavy atom. The van der Waals surface area contributed by atoms with Crippen molar-refractivity contribution in [2.24, 2.45) is 0 Å². The quantitative estimate of drug-likeness (QED) is 0.629. The summed E-state index contributed by atoms with van der Waals surface area (Å²) < 4.78 is 11.8. The first-order chi connectivity index (χ1) is 12.3. The molecule has 7 nitrogen and oxygen atoms in total. The van der Waals surface area contributed by atoms with Gasteiger partial charge in [-0.05, 0) is 65.3 Å². The average molecular weight is 375 g/mol. The molecule has 8 heteroatoms. The third kappa shape index (κ3) is 5.58. The summed E-state index contributed by atoms with van der Waals surface area (Å²) in [6, 6.07) is 6.54. The summed E-state index contributed by atoms with van der Waals surface area (Å²) in [6.45, 7) is 10.6. The lowest BCUT2D eigenvalue weighted by Crippen LogP contribution is -2.40. The van der Waals surface area contributed by atoms with E-state index in [4.69, 9.17) is 9.47 Å². The monoisotopic (exact) mass is 375 g/mol. The van der Waals surface area contributed by atoms with Crippen LogP contribution in [0.2, 0.25) is 0 Å². The lowest BCUT2D eigenvalue weighted by molar-refractivity contribution is -0.153. The van der Waals surface area contributed by atoms with Crippen LogP contribution in [0.1, 0.15) is 47.1 Å². The van der Waals surface area contributed by atoms with Crippen LogP contribution in [0.4, 0.5) is 4.79 Å². The van der Waals surface area contributed by atoms with Crippen molar-refractivity contribution in [3.05, 3.63) is 29.8 Å². The number of aromatic nitrogens is 1. The highest BCUT2D eigenvalue weighted by molar-refractivity contribution is 6.59. The molecule has 1 heterocycles. The predicted octanol–water partition coefficient (Wildman–Crippen LogP) is 1.99. The first-order valence-corrected chi connectivity index (χ1v) is 8.72. The lowest BCUT2D eigenvalue weighted by atomic mass is 9.86. The summed E-state index contributed by atoms with van der Waals surface area (Å²) in [5.41, 5.74) is -0.164. The largest absolute Gasteiger partial charge is 0.506 e. The summed E-state index contributed by atoms with van der Waals surface area (Å²) in [5, 5.41) is 19.9. The molecule has 0 saturated carbocycles. The van der Waals surface area contributed by atoms with E-state index in [1.807, 2.05) is 0 Å². The van der Waals surface area contributed by atoms with Crippen molar-refractivity contribution in [1.29, 1.82) is 0 Å². The minimum atomic E-state index is -1.85. The number of carbonyl (C=O) groups is 2. The van der Waals surface area contributed by atoms with Gasteiger partial charge in [0.15, 0.2) is 0 Å². The van der Waals surface area contributed by atoms with Crippen LogP contribution in [0, 0.1) is 0 Å². The van der Waals surface area contributed by atoms with E-state index in [2.05, 4.69) is 0 Å². The number of hydrogen-bond donors (Lipinski definition) is 2. The molecule has 0 aliphatic heterocycles.